The number of hydrogen-bond donors (Lipinski definition) is 3. The second-order valence-electron chi connectivity index (χ2n) is 9.87. The Morgan fingerprint density at radius 3 is 2.58 bits per heavy atom. The molecule has 5 nitrogen and oxygen atoms in total. The van der Waals surface area contributed by atoms with Crippen molar-refractivity contribution in [3.05, 3.63) is 47.0 Å². The Labute approximate surface area is 197 Å². The first-order valence-electron chi connectivity index (χ1n) is 12.5. The molecule has 2 aliphatic rings. The van der Waals surface area contributed by atoms with Gasteiger partial charge in [0.05, 0.1) is 12.1 Å². The fourth-order valence-corrected chi connectivity index (χ4v) is 5.37. The van der Waals surface area contributed by atoms with Crippen molar-refractivity contribution in [2.45, 2.75) is 90.2 Å². The summed E-state index contributed by atoms with van der Waals surface area (Å²) >= 11 is 0. The second-order valence-corrected chi connectivity index (χ2v) is 9.87. The third-order valence-corrected chi connectivity index (χ3v) is 7.38. The van der Waals surface area contributed by atoms with Crippen LogP contribution in [0.4, 0.5) is 4.79 Å². The van der Waals surface area contributed by atoms with Crippen molar-refractivity contribution in [1.29, 1.82) is 0 Å². The zero-order chi connectivity index (χ0) is 23.4. The van der Waals surface area contributed by atoms with Crippen LogP contribution in [0.3, 0.4) is 0 Å². The number of carbonyl (C=O) groups is 1. The van der Waals surface area contributed by atoms with Gasteiger partial charge in [-0.25, -0.2) is 4.79 Å². The average molecular weight is 452 g/mol. The largest absolute Gasteiger partial charge is 0.507 e. The molecule has 0 spiro atoms. The molecule has 5 heteroatoms. The SMILES string of the molecule is CCCCCc1cc(O)c(-c2cccc(C)c2)c(O)c1CNC(=O)OC1(C2CCCC2)CC1. The highest BCUT2D eigenvalue weighted by molar-refractivity contribution is 5.79. The molecule has 4 rings (SSSR count). The van der Waals surface area contributed by atoms with E-state index in [9.17, 15) is 15.0 Å². The summed E-state index contributed by atoms with van der Waals surface area (Å²) < 4.78 is 5.91. The van der Waals surface area contributed by atoms with E-state index in [4.69, 9.17) is 4.74 Å². The minimum Gasteiger partial charge on any atom is -0.507 e. The van der Waals surface area contributed by atoms with Gasteiger partial charge in [-0.05, 0) is 68.6 Å². The summed E-state index contributed by atoms with van der Waals surface area (Å²) in [5.74, 6) is 0.585. The van der Waals surface area contributed by atoms with Gasteiger partial charge >= 0.3 is 6.09 Å². The molecule has 0 unspecified atom stereocenters. The number of hydrogen-bond acceptors (Lipinski definition) is 4. The Bertz CT molecular complexity index is 990. The predicted molar refractivity (Wildman–Crippen MR) is 130 cm³/mol. The van der Waals surface area contributed by atoms with Gasteiger partial charge in [0.15, 0.2) is 0 Å². The van der Waals surface area contributed by atoms with Crippen LogP contribution < -0.4 is 5.32 Å². The van der Waals surface area contributed by atoms with E-state index >= 15 is 0 Å². The molecule has 2 aromatic carbocycles. The molecular weight excluding hydrogens is 414 g/mol. The van der Waals surface area contributed by atoms with Crippen molar-refractivity contribution in [3.63, 3.8) is 0 Å². The fraction of sp³-hybridized carbons (Fsp3) is 0.536. The number of nitrogens with one attached hydrogen (secondary N) is 1. The fourth-order valence-electron chi connectivity index (χ4n) is 5.37. The van der Waals surface area contributed by atoms with E-state index in [0.717, 1.165) is 68.1 Å². The van der Waals surface area contributed by atoms with E-state index in [1.165, 1.54) is 12.8 Å². The smallest absolute Gasteiger partial charge is 0.407 e. The second kappa shape index (κ2) is 10.1. The highest BCUT2D eigenvalue weighted by atomic mass is 16.6. The van der Waals surface area contributed by atoms with Gasteiger partial charge in [0.25, 0.3) is 0 Å². The summed E-state index contributed by atoms with van der Waals surface area (Å²) in [4.78, 5) is 12.7. The van der Waals surface area contributed by atoms with Crippen LogP contribution >= 0.6 is 0 Å². The van der Waals surface area contributed by atoms with Gasteiger partial charge in [0, 0.05) is 5.56 Å². The molecule has 2 aliphatic carbocycles. The standard InChI is InChI=1S/C28H37NO4/c1-3-4-5-10-20-17-24(30)25(21-11-8-9-19(2)16-21)26(31)23(20)18-29-27(32)33-28(14-15-28)22-12-6-7-13-22/h8-9,11,16-17,22,30-31H,3-7,10,12-15,18H2,1-2H3,(H,29,32). The summed E-state index contributed by atoms with van der Waals surface area (Å²) in [5, 5.41) is 24.9. The number of ether oxygens (including phenoxy) is 1. The lowest BCUT2D eigenvalue weighted by atomic mass is 9.93. The van der Waals surface area contributed by atoms with Gasteiger partial charge in [-0.15, -0.1) is 0 Å². The Kier molecular flexibility index (Phi) is 7.16. The van der Waals surface area contributed by atoms with Crippen molar-refractivity contribution < 1.29 is 19.7 Å². The number of phenolic OH excluding ortho intramolecular Hbond substituents is 2. The van der Waals surface area contributed by atoms with Crippen LogP contribution in [0.25, 0.3) is 11.1 Å². The third kappa shape index (κ3) is 5.29. The van der Waals surface area contributed by atoms with E-state index in [1.807, 2.05) is 31.2 Å². The number of unbranched alkanes of at least 4 members (excludes halogenated alkanes) is 2. The Hall–Kier alpha value is -2.69. The molecule has 0 bridgehead atoms. The number of benzene rings is 2. The average Bonchev–Trinajstić information content (AvgIpc) is 3.32. The highest BCUT2D eigenvalue weighted by Gasteiger charge is 2.53. The summed E-state index contributed by atoms with van der Waals surface area (Å²) in [5.41, 5.74) is 3.46. The van der Waals surface area contributed by atoms with Gasteiger partial charge in [-0.2, -0.15) is 0 Å². The van der Waals surface area contributed by atoms with Crippen molar-refractivity contribution >= 4 is 6.09 Å². The normalized spacial score (nSPS) is 17.2. The zero-order valence-corrected chi connectivity index (χ0v) is 20.0. The van der Waals surface area contributed by atoms with Crippen LogP contribution in [0, 0.1) is 12.8 Å². The van der Waals surface area contributed by atoms with Crippen molar-refractivity contribution in [1.82, 2.24) is 5.32 Å². The Morgan fingerprint density at radius 1 is 1.15 bits per heavy atom. The lowest BCUT2D eigenvalue weighted by molar-refractivity contribution is 0.0441. The van der Waals surface area contributed by atoms with Crippen molar-refractivity contribution in [2.24, 2.45) is 5.92 Å². The molecule has 33 heavy (non-hydrogen) atoms. The van der Waals surface area contributed by atoms with E-state index in [0.29, 0.717) is 17.0 Å². The lowest BCUT2D eigenvalue weighted by Crippen LogP contribution is -2.33. The number of carbonyl (C=O) groups excluding carboxylic acids is 1. The van der Waals surface area contributed by atoms with Crippen LogP contribution in [-0.4, -0.2) is 21.9 Å². The van der Waals surface area contributed by atoms with Crippen molar-refractivity contribution in [2.75, 3.05) is 0 Å². The number of phenols is 2. The Morgan fingerprint density at radius 2 is 1.91 bits per heavy atom. The van der Waals surface area contributed by atoms with Gasteiger partial charge in [0.1, 0.15) is 17.1 Å². The monoisotopic (exact) mass is 451 g/mol. The number of amides is 1. The molecule has 2 aromatic rings. The van der Waals surface area contributed by atoms with Crippen molar-refractivity contribution in [3.8, 4) is 22.6 Å². The molecule has 178 valence electrons. The minimum absolute atomic E-state index is 0.0318. The molecule has 1 amide bonds. The molecule has 2 saturated carbocycles. The first kappa shape index (κ1) is 23.5. The van der Waals surface area contributed by atoms with Crippen LogP contribution in [0.15, 0.2) is 30.3 Å². The molecule has 0 atom stereocenters. The molecule has 0 saturated heterocycles. The van der Waals surface area contributed by atoms with E-state index < -0.39 is 6.09 Å². The maximum absolute atomic E-state index is 12.7. The highest BCUT2D eigenvalue weighted by Crippen LogP contribution is 2.52. The molecule has 0 heterocycles. The summed E-state index contributed by atoms with van der Waals surface area (Å²) in [7, 11) is 0. The van der Waals surface area contributed by atoms with Gasteiger partial charge in [0.2, 0.25) is 0 Å². The summed E-state index contributed by atoms with van der Waals surface area (Å²) in [6.45, 7) is 4.30. The lowest BCUT2D eigenvalue weighted by Gasteiger charge is -2.23. The number of rotatable bonds is 9. The van der Waals surface area contributed by atoms with Gasteiger partial charge < -0.3 is 20.3 Å². The zero-order valence-electron chi connectivity index (χ0n) is 20.0. The topological polar surface area (TPSA) is 78.8 Å². The van der Waals surface area contributed by atoms with E-state index in [2.05, 4.69) is 12.2 Å². The predicted octanol–water partition coefficient (Wildman–Crippen LogP) is 6.75. The van der Waals surface area contributed by atoms with E-state index in [1.54, 1.807) is 6.07 Å². The summed E-state index contributed by atoms with van der Waals surface area (Å²) in [6.07, 6.45) is 10.1. The summed E-state index contributed by atoms with van der Waals surface area (Å²) in [6, 6.07) is 9.45. The Balaban J connectivity index is 1.55. The number of aryl methyl sites for hydroxylation is 2. The number of alkyl carbamates (subject to hydrolysis) is 1. The van der Waals surface area contributed by atoms with Gasteiger partial charge in [-0.1, -0.05) is 62.4 Å². The van der Waals surface area contributed by atoms with Crippen LogP contribution in [0.2, 0.25) is 0 Å². The molecular formula is C28H37NO4. The maximum atomic E-state index is 12.7. The van der Waals surface area contributed by atoms with E-state index in [-0.39, 0.29) is 23.6 Å². The molecule has 3 N–H and O–H groups in total. The third-order valence-electron chi connectivity index (χ3n) is 7.38. The first-order valence-corrected chi connectivity index (χ1v) is 12.5. The molecule has 0 aromatic heterocycles. The van der Waals surface area contributed by atoms with Crippen LogP contribution in [0.5, 0.6) is 11.5 Å². The number of aromatic hydroxyl groups is 2. The molecule has 0 radical (unpaired) electrons. The molecule has 2 fully saturated rings. The van der Waals surface area contributed by atoms with Crippen LogP contribution in [0.1, 0.15) is 81.4 Å². The van der Waals surface area contributed by atoms with Crippen LogP contribution in [-0.2, 0) is 17.7 Å². The first-order chi connectivity index (χ1) is 15.9. The minimum atomic E-state index is -0.413. The molecule has 0 aliphatic heterocycles. The quantitative estimate of drug-likeness (QED) is 0.368. The maximum Gasteiger partial charge on any atom is 0.407 e. The van der Waals surface area contributed by atoms with Gasteiger partial charge in [-0.3, -0.25) is 0 Å².